The molecule has 5 heteroatoms. The number of urea groups is 1. The Hall–Kier alpha value is -1.85. The maximum Gasteiger partial charge on any atom is 0.317 e. The molecule has 1 fully saturated rings. The number of nitrogens with zero attached hydrogens (tertiary/aromatic N) is 2. The molecule has 3 rings (SSSR count). The second-order valence-electron chi connectivity index (χ2n) is 6.78. The maximum atomic E-state index is 12.4. The number of carbonyl (C=O) groups is 1. The summed E-state index contributed by atoms with van der Waals surface area (Å²) in [5, 5.41) is 5.17. The average molecular weight is 358 g/mol. The highest BCUT2D eigenvalue weighted by Gasteiger charge is 2.28. The van der Waals surface area contributed by atoms with Gasteiger partial charge in [-0.05, 0) is 42.3 Å². The van der Waals surface area contributed by atoms with Gasteiger partial charge in [0.05, 0.1) is 0 Å². The minimum absolute atomic E-state index is 0.0424. The minimum atomic E-state index is 0.0424. The van der Waals surface area contributed by atoms with Crippen molar-refractivity contribution in [3.63, 3.8) is 0 Å². The number of benzene rings is 1. The van der Waals surface area contributed by atoms with E-state index in [1.165, 1.54) is 16.0 Å². The van der Waals surface area contributed by atoms with Crippen LogP contribution in [0.4, 0.5) is 4.79 Å². The van der Waals surface area contributed by atoms with Gasteiger partial charge < -0.3 is 10.2 Å². The van der Waals surface area contributed by atoms with Gasteiger partial charge in [-0.15, -0.1) is 11.3 Å². The van der Waals surface area contributed by atoms with Crippen LogP contribution in [0.25, 0.3) is 0 Å². The monoisotopic (exact) mass is 357 g/mol. The standard InChI is InChI=1S/C20H27N3OS/c1-16-10-13-25-19(16)8-11-21-20(24)22(2)18-9-12-23(15-18)14-17-6-4-3-5-7-17/h3-7,10,13,18H,8-9,11-12,14-15H2,1-2H3,(H,21,24)/t18-/m0/s1. The molecule has 1 aromatic heterocycles. The lowest BCUT2D eigenvalue weighted by Gasteiger charge is -2.25. The highest BCUT2D eigenvalue weighted by atomic mass is 32.1. The first-order chi connectivity index (χ1) is 12.1. The Balaban J connectivity index is 1.42. The van der Waals surface area contributed by atoms with Crippen LogP contribution >= 0.6 is 11.3 Å². The molecule has 1 atom stereocenters. The zero-order chi connectivity index (χ0) is 17.6. The Morgan fingerprint density at radius 3 is 2.84 bits per heavy atom. The number of likely N-dealkylation sites (tertiary alicyclic amines) is 1. The van der Waals surface area contributed by atoms with Gasteiger partial charge in [-0.1, -0.05) is 30.3 Å². The summed E-state index contributed by atoms with van der Waals surface area (Å²) in [7, 11) is 1.92. The molecule has 1 saturated heterocycles. The van der Waals surface area contributed by atoms with E-state index in [4.69, 9.17) is 0 Å². The first-order valence-electron chi connectivity index (χ1n) is 8.93. The summed E-state index contributed by atoms with van der Waals surface area (Å²) in [4.78, 5) is 18.1. The molecule has 2 aromatic rings. The summed E-state index contributed by atoms with van der Waals surface area (Å²) in [5.74, 6) is 0. The van der Waals surface area contributed by atoms with Gasteiger partial charge in [-0.2, -0.15) is 0 Å². The number of likely N-dealkylation sites (N-methyl/N-ethyl adjacent to an activating group) is 1. The number of hydrogen-bond acceptors (Lipinski definition) is 3. The Kier molecular flexibility index (Phi) is 6.10. The molecule has 25 heavy (non-hydrogen) atoms. The molecule has 1 N–H and O–H groups in total. The van der Waals surface area contributed by atoms with Crippen molar-refractivity contribution in [3.8, 4) is 0 Å². The van der Waals surface area contributed by atoms with Crippen LogP contribution in [0.1, 0.15) is 22.4 Å². The zero-order valence-electron chi connectivity index (χ0n) is 15.1. The molecular weight excluding hydrogens is 330 g/mol. The van der Waals surface area contributed by atoms with E-state index in [0.717, 1.165) is 32.5 Å². The van der Waals surface area contributed by atoms with E-state index in [1.54, 1.807) is 11.3 Å². The van der Waals surface area contributed by atoms with Crippen LogP contribution in [-0.4, -0.2) is 48.6 Å². The molecule has 134 valence electrons. The van der Waals surface area contributed by atoms with Crippen molar-refractivity contribution in [2.45, 2.75) is 32.4 Å². The van der Waals surface area contributed by atoms with Crippen LogP contribution in [0.5, 0.6) is 0 Å². The van der Waals surface area contributed by atoms with Crippen molar-refractivity contribution in [1.29, 1.82) is 0 Å². The number of aryl methyl sites for hydroxylation is 1. The van der Waals surface area contributed by atoms with Crippen LogP contribution in [-0.2, 0) is 13.0 Å². The molecule has 2 heterocycles. The van der Waals surface area contributed by atoms with Gasteiger partial charge in [0, 0.05) is 44.1 Å². The van der Waals surface area contributed by atoms with Crippen molar-refractivity contribution >= 4 is 17.4 Å². The van der Waals surface area contributed by atoms with E-state index in [1.807, 2.05) is 18.0 Å². The van der Waals surface area contributed by atoms with Crippen molar-refractivity contribution in [1.82, 2.24) is 15.1 Å². The summed E-state index contributed by atoms with van der Waals surface area (Å²) >= 11 is 1.76. The highest BCUT2D eigenvalue weighted by Crippen LogP contribution is 2.18. The van der Waals surface area contributed by atoms with Crippen LogP contribution in [0, 0.1) is 6.92 Å². The third-order valence-corrected chi connectivity index (χ3v) is 6.04. The number of amides is 2. The van der Waals surface area contributed by atoms with E-state index < -0.39 is 0 Å². The summed E-state index contributed by atoms with van der Waals surface area (Å²) in [5.41, 5.74) is 2.65. The van der Waals surface area contributed by atoms with E-state index in [0.29, 0.717) is 12.6 Å². The molecule has 2 amide bonds. The largest absolute Gasteiger partial charge is 0.338 e. The molecule has 0 radical (unpaired) electrons. The molecule has 0 saturated carbocycles. The number of rotatable bonds is 6. The summed E-state index contributed by atoms with van der Waals surface area (Å²) in [6, 6.07) is 13.0. The predicted molar refractivity (Wildman–Crippen MR) is 104 cm³/mol. The number of nitrogens with one attached hydrogen (secondary N) is 1. The SMILES string of the molecule is Cc1ccsc1CCNC(=O)N(C)[C@H]1CCN(Cc2ccccc2)C1. The third-order valence-electron chi connectivity index (χ3n) is 4.96. The lowest BCUT2D eigenvalue weighted by molar-refractivity contribution is 0.188. The molecule has 1 aliphatic heterocycles. The summed E-state index contributed by atoms with van der Waals surface area (Å²) < 4.78 is 0. The molecule has 1 aromatic carbocycles. The molecule has 0 spiro atoms. The van der Waals surface area contributed by atoms with E-state index >= 15 is 0 Å². The fraction of sp³-hybridized carbons (Fsp3) is 0.450. The van der Waals surface area contributed by atoms with Gasteiger partial charge in [-0.25, -0.2) is 4.79 Å². The Morgan fingerprint density at radius 2 is 2.12 bits per heavy atom. The normalized spacial score (nSPS) is 17.6. The molecule has 0 aliphatic carbocycles. The minimum Gasteiger partial charge on any atom is -0.338 e. The van der Waals surface area contributed by atoms with Gasteiger partial charge in [0.15, 0.2) is 0 Å². The maximum absolute atomic E-state index is 12.4. The summed E-state index contributed by atoms with van der Waals surface area (Å²) in [6.07, 6.45) is 1.95. The van der Waals surface area contributed by atoms with E-state index in [-0.39, 0.29) is 6.03 Å². The second-order valence-corrected chi connectivity index (χ2v) is 7.78. The van der Waals surface area contributed by atoms with Crippen molar-refractivity contribution in [3.05, 3.63) is 57.8 Å². The molecule has 0 unspecified atom stereocenters. The Morgan fingerprint density at radius 1 is 1.32 bits per heavy atom. The topological polar surface area (TPSA) is 35.6 Å². The number of carbonyl (C=O) groups excluding carboxylic acids is 1. The van der Waals surface area contributed by atoms with Crippen molar-refractivity contribution in [2.24, 2.45) is 0 Å². The van der Waals surface area contributed by atoms with Gasteiger partial charge in [0.2, 0.25) is 0 Å². The Bertz CT molecular complexity index is 685. The third kappa shape index (κ3) is 4.83. The first kappa shape index (κ1) is 18.0. The average Bonchev–Trinajstić information content (AvgIpc) is 3.24. The number of hydrogen-bond donors (Lipinski definition) is 1. The van der Waals surface area contributed by atoms with Gasteiger partial charge >= 0.3 is 6.03 Å². The molecule has 0 bridgehead atoms. The van der Waals surface area contributed by atoms with Crippen molar-refractivity contribution < 1.29 is 4.79 Å². The Labute approximate surface area is 154 Å². The lowest BCUT2D eigenvalue weighted by Crippen LogP contribution is -2.45. The van der Waals surface area contributed by atoms with Crippen molar-refractivity contribution in [2.75, 3.05) is 26.7 Å². The van der Waals surface area contributed by atoms with Crippen LogP contribution < -0.4 is 5.32 Å². The number of thiophene rings is 1. The van der Waals surface area contributed by atoms with Gasteiger partial charge in [0.25, 0.3) is 0 Å². The van der Waals surface area contributed by atoms with Gasteiger partial charge in [-0.3, -0.25) is 4.90 Å². The zero-order valence-corrected chi connectivity index (χ0v) is 15.9. The smallest absolute Gasteiger partial charge is 0.317 e. The fourth-order valence-electron chi connectivity index (χ4n) is 3.35. The van der Waals surface area contributed by atoms with Crippen LogP contribution in [0.3, 0.4) is 0 Å². The van der Waals surface area contributed by atoms with Crippen LogP contribution in [0.2, 0.25) is 0 Å². The molecular formula is C20H27N3OS. The second kappa shape index (κ2) is 8.50. The fourth-order valence-corrected chi connectivity index (χ4v) is 4.26. The molecule has 1 aliphatic rings. The van der Waals surface area contributed by atoms with E-state index in [9.17, 15) is 4.79 Å². The van der Waals surface area contributed by atoms with Crippen LogP contribution in [0.15, 0.2) is 41.8 Å². The summed E-state index contributed by atoms with van der Waals surface area (Å²) in [6.45, 7) is 5.78. The lowest BCUT2D eigenvalue weighted by atomic mass is 10.2. The predicted octanol–water partition coefficient (Wildman–Crippen LogP) is 3.51. The molecule has 4 nitrogen and oxygen atoms in total. The quantitative estimate of drug-likeness (QED) is 0.859. The van der Waals surface area contributed by atoms with Gasteiger partial charge in [0.1, 0.15) is 0 Å². The van der Waals surface area contributed by atoms with E-state index in [2.05, 4.69) is 52.9 Å². The first-order valence-corrected chi connectivity index (χ1v) is 9.81. The highest BCUT2D eigenvalue weighted by molar-refractivity contribution is 7.10.